The van der Waals surface area contributed by atoms with Gasteiger partial charge in [-0.05, 0) is 23.8 Å². The van der Waals surface area contributed by atoms with Gasteiger partial charge in [0.2, 0.25) is 5.88 Å². The Balaban J connectivity index is 1.70. The van der Waals surface area contributed by atoms with Crippen LogP contribution in [0.1, 0.15) is 5.56 Å². The van der Waals surface area contributed by atoms with Gasteiger partial charge in [-0.1, -0.05) is 6.07 Å². The number of aromatic nitrogens is 3. The van der Waals surface area contributed by atoms with Crippen LogP contribution in [0.5, 0.6) is 5.88 Å². The molecule has 0 unspecified atom stereocenters. The predicted molar refractivity (Wildman–Crippen MR) is 75.5 cm³/mol. The number of pyridine rings is 1. The maximum Gasteiger partial charge on any atom is 0.212 e. The maximum atomic E-state index is 5.03. The second kappa shape index (κ2) is 5.19. The van der Waals surface area contributed by atoms with Crippen molar-refractivity contribution in [1.29, 1.82) is 0 Å². The van der Waals surface area contributed by atoms with Crippen LogP contribution in [0.15, 0.2) is 36.5 Å². The van der Waals surface area contributed by atoms with Gasteiger partial charge >= 0.3 is 0 Å². The first kappa shape index (κ1) is 11.9. The van der Waals surface area contributed by atoms with Gasteiger partial charge in [-0.15, -0.1) is 0 Å². The van der Waals surface area contributed by atoms with Crippen LogP contribution in [0.2, 0.25) is 0 Å². The monoisotopic (exact) mass is 272 g/mol. The molecule has 0 amide bonds. The maximum absolute atomic E-state index is 5.03. The molecule has 1 aromatic carbocycles. The lowest BCUT2D eigenvalue weighted by Gasteiger charge is -2.06. The Bertz CT molecular complexity index is 680. The molecule has 6 heteroatoms. The number of rotatable bonds is 4. The van der Waals surface area contributed by atoms with Crippen molar-refractivity contribution in [2.75, 3.05) is 12.4 Å². The molecule has 0 spiro atoms. The van der Waals surface area contributed by atoms with Crippen molar-refractivity contribution in [3.05, 3.63) is 42.1 Å². The lowest BCUT2D eigenvalue weighted by atomic mass is 10.2. The van der Waals surface area contributed by atoms with Gasteiger partial charge in [-0.25, -0.2) is 4.98 Å². The average Bonchev–Trinajstić information content (AvgIpc) is 2.93. The SMILES string of the molecule is COc1ccc(CNc2ccc3nsnc3c2)cn1. The minimum atomic E-state index is 0.624. The van der Waals surface area contributed by atoms with Gasteiger partial charge in [0.25, 0.3) is 0 Å². The normalized spacial score (nSPS) is 10.6. The zero-order valence-electron chi connectivity index (χ0n) is 10.3. The fourth-order valence-electron chi connectivity index (χ4n) is 1.73. The molecule has 0 bridgehead atoms. The topological polar surface area (TPSA) is 59.9 Å². The van der Waals surface area contributed by atoms with Crippen LogP contribution in [-0.2, 0) is 6.54 Å². The van der Waals surface area contributed by atoms with Crippen LogP contribution in [-0.4, -0.2) is 20.8 Å². The van der Waals surface area contributed by atoms with Crippen LogP contribution in [0.25, 0.3) is 11.0 Å². The Kier molecular flexibility index (Phi) is 3.24. The highest BCUT2D eigenvalue weighted by molar-refractivity contribution is 7.00. The van der Waals surface area contributed by atoms with Crippen LogP contribution < -0.4 is 10.1 Å². The summed E-state index contributed by atoms with van der Waals surface area (Å²) in [5.41, 5.74) is 3.97. The number of nitrogens with one attached hydrogen (secondary N) is 1. The van der Waals surface area contributed by atoms with Gasteiger partial charge in [0, 0.05) is 24.5 Å². The third-order valence-electron chi connectivity index (χ3n) is 2.76. The molecule has 0 aliphatic rings. The minimum absolute atomic E-state index is 0.624. The van der Waals surface area contributed by atoms with Crippen molar-refractivity contribution >= 4 is 28.4 Å². The Morgan fingerprint density at radius 1 is 1.16 bits per heavy atom. The van der Waals surface area contributed by atoms with Crippen molar-refractivity contribution in [2.24, 2.45) is 0 Å². The van der Waals surface area contributed by atoms with E-state index in [0.29, 0.717) is 12.4 Å². The lowest BCUT2D eigenvalue weighted by molar-refractivity contribution is 0.397. The highest BCUT2D eigenvalue weighted by Crippen LogP contribution is 2.18. The van der Waals surface area contributed by atoms with Crippen molar-refractivity contribution < 1.29 is 4.74 Å². The van der Waals surface area contributed by atoms with Crippen molar-refractivity contribution in [1.82, 2.24) is 13.7 Å². The molecule has 0 radical (unpaired) electrons. The third-order valence-corrected chi connectivity index (χ3v) is 3.31. The Hall–Kier alpha value is -2.21. The van der Waals surface area contributed by atoms with Crippen molar-refractivity contribution in [3.8, 4) is 5.88 Å². The zero-order chi connectivity index (χ0) is 13.1. The number of hydrogen-bond acceptors (Lipinski definition) is 6. The number of benzene rings is 1. The van der Waals surface area contributed by atoms with E-state index < -0.39 is 0 Å². The fourth-order valence-corrected chi connectivity index (χ4v) is 2.25. The van der Waals surface area contributed by atoms with Crippen LogP contribution in [0.3, 0.4) is 0 Å². The zero-order valence-corrected chi connectivity index (χ0v) is 11.1. The molecule has 1 N–H and O–H groups in total. The van der Waals surface area contributed by atoms with E-state index in [4.69, 9.17) is 4.74 Å². The molecule has 96 valence electrons. The molecule has 2 aromatic heterocycles. The number of anilines is 1. The summed E-state index contributed by atoms with van der Waals surface area (Å²) in [4.78, 5) is 4.17. The van der Waals surface area contributed by atoms with E-state index in [1.807, 2.05) is 30.3 Å². The molecular formula is C13H12N4OS. The van der Waals surface area contributed by atoms with Gasteiger partial charge < -0.3 is 10.1 Å². The van der Waals surface area contributed by atoms with E-state index in [9.17, 15) is 0 Å². The fraction of sp³-hybridized carbons (Fsp3) is 0.154. The molecular weight excluding hydrogens is 260 g/mol. The summed E-state index contributed by atoms with van der Waals surface area (Å²) in [6.45, 7) is 0.708. The first-order valence-corrected chi connectivity index (χ1v) is 6.53. The number of nitrogens with zero attached hydrogens (tertiary/aromatic N) is 3. The summed E-state index contributed by atoms with van der Waals surface area (Å²) in [5, 5.41) is 3.34. The molecule has 0 aliphatic carbocycles. The van der Waals surface area contributed by atoms with E-state index in [1.54, 1.807) is 13.3 Å². The number of ether oxygens (including phenoxy) is 1. The van der Waals surface area contributed by atoms with E-state index >= 15 is 0 Å². The first-order chi connectivity index (χ1) is 9.35. The molecule has 0 atom stereocenters. The summed E-state index contributed by atoms with van der Waals surface area (Å²) >= 11 is 1.23. The summed E-state index contributed by atoms with van der Waals surface area (Å²) in [6.07, 6.45) is 1.80. The second-order valence-corrected chi connectivity index (χ2v) is 4.56. The van der Waals surface area contributed by atoms with Crippen molar-refractivity contribution in [3.63, 3.8) is 0 Å². The van der Waals surface area contributed by atoms with Crippen LogP contribution in [0, 0.1) is 0 Å². The smallest absolute Gasteiger partial charge is 0.212 e. The molecule has 0 aliphatic heterocycles. The highest BCUT2D eigenvalue weighted by atomic mass is 32.1. The Labute approximate surface area is 114 Å². The number of fused-ring (bicyclic) bond motifs is 1. The quantitative estimate of drug-likeness (QED) is 0.791. The minimum Gasteiger partial charge on any atom is -0.481 e. The number of hydrogen-bond donors (Lipinski definition) is 1. The molecule has 0 saturated carbocycles. The van der Waals surface area contributed by atoms with Crippen LogP contribution in [0.4, 0.5) is 5.69 Å². The second-order valence-electron chi connectivity index (χ2n) is 4.03. The van der Waals surface area contributed by atoms with Crippen LogP contribution >= 0.6 is 11.7 Å². The molecule has 2 heterocycles. The molecule has 0 fully saturated rings. The summed E-state index contributed by atoms with van der Waals surface area (Å²) in [6, 6.07) is 9.80. The van der Waals surface area contributed by atoms with Gasteiger partial charge in [0.15, 0.2) is 0 Å². The molecule has 3 rings (SSSR count). The summed E-state index contributed by atoms with van der Waals surface area (Å²) in [5.74, 6) is 0.624. The predicted octanol–water partition coefficient (Wildman–Crippen LogP) is 2.71. The average molecular weight is 272 g/mol. The third kappa shape index (κ3) is 2.63. The van der Waals surface area contributed by atoms with E-state index in [0.717, 1.165) is 22.3 Å². The largest absolute Gasteiger partial charge is 0.481 e. The van der Waals surface area contributed by atoms with E-state index in [2.05, 4.69) is 19.0 Å². The van der Waals surface area contributed by atoms with E-state index in [-0.39, 0.29) is 0 Å². The Morgan fingerprint density at radius 3 is 2.84 bits per heavy atom. The molecule has 5 nitrogen and oxygen atoms in total. The van der Waals surface area contributed by atoms with Crippen molar-refractivity contribution in [2.45, 2.75) is 6.54 Å². The van der Waals surface area contributed by atoms with E-state index in [1.165, 1.54) is 11.7 Å². The molecule has 19 heavy (non-hydrogen) atoms. The highest BCUT2D eigenvalue weighted by Gasteiger charge is 2.00. The lowest BCUT2D eigenvalue weighted by Crippen LogP contribution is -2.00. The van der Waals surface area contributed by atoms with Gasteiger partial charge in [0.1, 0.15) is 11.0 Å². The van der Waals surface area contributed by atoms with Gasteiger partial charge in [0.05, 0.1) is 18.8 Å². The first-order valence-electron chi connectivity index (χ1n) is 5.80. The molecule has 0 saturated heterocycles. The number of methoxy groups -OCH3 is 1. The summed E-state index contributed by atoms with van der Waals surface area (Å²) in [7, 11) is 1.61. The summed E-state index contributed by atoms with van der Waals surface area (Å²) < 4.78 is 13.4. The standard InChI is InChI=1S/C13H12N4OS/c1-18-13-5-2-9(8-15-13)7-14-10-3-4-11-12(6-10)17-19-16-11/h2-6,8,14H,7H2,1H3. The van der Waals surface area contributed by atoms with Gasteiger partial charge in [-0.2, -0.15) is 8.75 Å². The van der Waals surface area contributed by atoms with Gasteiger partial charge in [-0.3, -0.25) is 0 Å². The Morgan fingerprint density at radius 2 is 2.05 bits per heavy atom. The molecule has 3 aromatic rings.